The Morgan fingerprint density at radius 1 is 0.939 bits per heavy atom. The number of rotatable bonds is 12. The van der Waals surface area contributed by atoms with E-state index in [1.807, 2.05) is 6.92 Å². The molecule has 2 aromatic carbocycles. The van der Waals surface area contributed by atoms with Gasteiger partial charge in [0.25, 0.3) is 0 Å². The first kappa shape index (κ1) is 26.8. The van der Waals surface area contributed by atoms with Gasteiger partial charge in [-0.2, -0.15) is 4.72 Å². The van der Waals surface area contributed by atoms with Gasteiger partial charge in [-0.3, -0.25) is 4.79 Å². The van der Waals surface area contributed by atoms with E-state index in [2.05, 4.69) is 9.44 Å². The van der Waals surface area contributed by atoms with E-state index in [0.717, 1.165) is 11.6 Å². The van der Waals surface area contributed by atoms with Crippen molar-refractivity contribution in [3.63, 3.8) is 0 Å². The van der Waals surface area contributed by atoms with Crippen molar-refractivity contribution in [3.8, 4) is 0 Å². The smallest absolute Gasteiger partial charge is 0.324 e. The lowest BCUT2D eigenvalue weighted by molar-refractivity contribution is -0.145. The molecule has 33 heavy (non-hydrogen) atoms. The van der Waals surface area contributed by atoms with E-state index in [1.165, 1.54) is 12.1 Å². The molecule has 0 saturated heterocycles. The molecule has 2 rings (SSSR count). The van der Waals surface area contributed by atoms with Crippen molar-refractivity contribution < 1.29 is 35.1 Å². The Hall–Kier alpha value is -2.41. The van der Waals surface area contributed by atoms with Crippen LogP contribution < -0.4 is 9.44 Å². The van der Waals surface area contributed by atoms with Crippen molar-refractivity contribution in [2.24, 2.45) is 0 Å². The Morgan fingerprint density at radius 3 is 2.18 bits per heavy atom. The SMILES string of the molecule is CCOC(=O)[C@H](CCCCNS(=O)(=O)c1ccc(C)cc1)NS(=O)(=O)c1ccc(F)c(F)c1. The first-order valence-corrected chi connectivity index (χ1v) is 13.1. The molecule has 0 saturated carbocycles. The Bertz CT molecular complexity index is 1170. The molecule has 0 unspecified atom stereocenters. The third-order valence-electron chi connectivity index (χ3n) is 4.61. The number of hydrogen-bond donors (Lipinski definition) is 2. The molecule has 1 atom stereocenters. The molecule has 182 valence electrons. The third-order valence-corrected chi connectivity index (χ3v) is 7.56. The fraction of sp³-hybridized carbons (Fsp3) is 0.381. The van der Waals surface area contributed by atoms with Gasteiger partial charge < -0.3 is 4.74 Å². The average molecular weight is 505 g/mol. The Morgan fingerprint density at radius 2 is 1.58 bits per heavy atom. The normalized spacial score (nSPS) is 13.0. The predicted molar refractivity (Wildman–Crippen MR) is 117 cm³/mol. The van der Waals surface area contributed by atoms with Crippen LogP contribution in [0.4, 0.5) is 8.78 Å². The second-order valence-corrected chi connectivity index (χ2v) is 10.7. The van der Waals surface area contributed by atoms with Gasteiger partial charge in [0.15, 0.2) is 11.6 Å². The number of sulfonamides is 2. The molecule has 0 aliphatic heterocycles. The van der Waals surface area contributed by atoms with Crippen LogP contribution >= 0.6 is 0 Å². The highest BCUT2D eigenvalue weighted by atomic mass is 32.2. The summed E-state index contributed by atoms with van der Waals surface area (Å²) in [7, 11) is -8.03. The molecule has 0 heterocycles. The lowest BCUT2D eigenvalue weighted by atomic mass is 10.1. The number of ether oxygens (including phenoxy) is 1. The first-order valence-electron chi connectivity index (χ1n) is 10.2. The summed E-state index contributed by atoms with van der Waals surface area (Å²) in [6.45, 7) is 3.48. The molecular weight excluding hydrogens is 478 g/mol. The molecule has 0 fully saturated rings. The standard InChI is InChI=1S/C21H26F2N2O6S2/c1-3-31-21(26)20(25-33(29,30)17-11-12-18(22)19(23)14-17)6-4-5-13-24-32(27,28)16-9-7-15(2)8-10-16/h7-12,14,20,24-25H,3-6,13H2,1-2H3/t20-/m0/s1. The molecule has 0 bridgehead atoms. The summed E-state index contributed by atoms with van der Waals surface area (Å²) in [6, 6.07) is 7.11. The second-order valence-electron chi connectivity index (χ2n) is 7.21. The fourth-order valence-corrected chi connectivity index (χ4v) is 5.15. The number of carbonyl (C=O) groups excluding carboxylic acids is 1. The minimum Gasteiger partial charge on any atom is -0.465 e. The van der Waals surface area contributed by atoms with E-state index in [1.54, 1.807) is 19.1 Å². The van der Waals surface area contributed by atoms with E-state index in [9.17, 15) is 30.4 Å². The Balaban J connectivity index is 1.97. The van der Waals surface area contributed by atoms with Gasteiger partial charge in [-0.25, -0.2) is 30.3 Å². The van der Waals surface area contributed by atoms with Crippen LogP contribution in [0.25, 0.3) is 0 Å². The van der Waals surface area contributed by atoms with Crippen molar-refractivity contribution in [2.75, 3.05) is 13.2 Å². The quantitative estimate of drug-likeness (QED) is 0.339. The summed E-state index contributed by atoms with van der Waals surface area (Å²) >= 11 is 0. The van der Waals surface area contributed by atoms with Crippen LogP contribution in [0.3, 0.4) is 0 Å². The molecule has 0 aromatic heterocycles. The van der Waals surface area contributed by atoms with Crippen molar-refractivity contribution in [2.45, 2.75) is 48.9 Å². The van der Waals surface area contributed by atoms with Crippen LogP contribution in [-0.4, -0.2) is 42.0 Å². The van der Waals surface area contributed by atoms with E-state index in [0.29, 0.717) is 18.6 Å². The van der Waals surface area contributed by atoms with Gasteiger partial charge in [-0.1, -0.05) is 17.7 Å². The molecular formula is C21H26F2N2O6S2. The van der Waals surface area contributed by atoms with Crippen LogP contribution in [0.15, 0.2) is 52.3 Å². The molecule has 0 spiro atoms. The van der Waals surface area contributed by atoms with Crippen molar-refractivity contribution in [1.82, 2.24) is 9.44 Å². The van der Waals surface area contributed by atoms with Crippen LogP contribution in [0, 0.1) is 18.6 Å². The number of hydrogen-bond acceptors (Lipinski definition) is 6. The Kier molecular flexibility index (Phi) is 9.46. The number of carbonyl (C=O) groups is 1. The van der Waals surface area contributed by atoms with Gasteiger partial charge in [-0.15, -0.1) is 0 Å². The minimum atomic E-state index is -4.34. The summed E-state index contributed by atoms with van der Waals surface area (Å²) in [5, 5.41) is 0. The van der Waals surface area contributed by atoms with Crippen LogP contribution in [0.1, 0.15) is 31.7 Å². The zero-order valence-electron chi connectivity index (χ0n) is 18.2. The molecule has 2 aromatic rings. The van der Waals surface area contributed by atoms with Crippen molar-refractivity contribution in [1.29, 1.82) is 0 Å². The minimum absolute atomic E-state index is 0.00794. The summed E-state index contributed by atoms with van der Waals surface area (Å²) in [6.07, 6.45) is 0.599. The van der Waals surface area contributed by atoms with Gasteiger partial charge in [0, 0.05) is 6.54 Å². The lowest BCUT2D eigenvalue weighted by Gasteiger charge is -2.17. The summed E-state index contributed by atoms with van der Waals surface area (Å²) in [5.41, 5.74) is 0.921. The van der Waals surface area contributed by atoms with E-state index in [-0.39, 0.29) is 30.9 Å². The number of halogens is 2. The zero-order chi connectivity index (χ0) is 24.6. The van der Waals surface area contributed by atoms with Crippen LogP contribution in [0.5, 0.6) is 0 Å². The van der Waals surface area contributed by atoms with E-state index in [4.69, 9.17) is 4.74 Å². The molecule has 0 radical (unpaired) electrons. The maximum Gasteiger partial charge on any atom is 0.324 e. The predicted octanol–water partition coefficient (Wildman–Crippen LogP) is 2.63. The number of benzene rings is 2. The largest absolute Gasteiger partial charge is 0.465 e. The van der Waals surface area contributed by atoms with Gasteiger partial charge in [0.05, 0.1) is 16.4 Å². The molecule has 0 amide bonds. The maximum absolute atomic E-state index is 13.4. The molecule has 0 aliphatic carbocycles. The van der Waals surface area contributed by atoms with E-state index >= 15 is 0 Å². The number of esters is 1. The first-order chi connectivity index (χ1) is 15.5. The monoisotopic (exact) mass is 504 g/mol. The highest BCUT2D eigenvalue weighted by Crippen LogP contribution is 2.16. The zero-order valence-corrected chi connectivity index (χ0v) is 19.8. The van der Waals surface area contributed by atoms with Gasteiger partial charge in [0.2, 0.25) is 20.0 Å². The molecule has 12 heteroatoms. The second kappa shape index (κ2) is 11.6. The topological polar surface area (TPSA) is 119 Å². The van der Waals surface area contributed by atoms with Gasteiger partial charge in [0.1, 0.15) is 6.04 Å². The van der Waals surface area contributed by atoms with Crippen LogP contribution in [0.2, 0.25) is 0 Å². The molecule has 0 aliphatic rings. The number of aryl methyl sites for hydroxylation is 1. The van der Waals surface area contributed by atoms with Crippen molar-refractivity contribution >= 4 is 26.0 Å². The Labute approximate surface area is 192 Å². The molecule has 8 nitrogen and oxygen atoms in total. The summed E-state index contributed by atoms with van der Waals surface area (Å²) in [5.74, 6) is -3.38. The van der Waals surface area contributed by atoms with Crippen LogP contribution in [-0.2, 0) is 29.6 Å². The van der Waals surface area contributed by atoms with Crippen molar-refractivity contribution in [3.05, 3.63) is 59.7 Å². The molecule has 2 N–H and O–H groups in total. The fourth-order valence-electron chi connectivity index (χ4n) is 2.85. The van der Waals surface area contributed by atoms with Gasteiger partial charge in [-0.05, 0) is 63.4 Å². The number of nitrogens with one attached hydrogen (secondary N) is 2. The van der Waals surface area contributed by atoms with E-state index < -0.39 is 48.6 Å². The van der Waals surface area contributed by atoms with Gasteiger partial charge >= 0.3 is 5.97 Å². The highest BCUT2D eigenvalue weighted by Gasteiger charge is 2.27. The summed E-state index contributed by atoms with van der Waals surface area (Å²) in [4.78, 5) is 11.8. The third kappa shape index (κ3) is 7.84. The number of unbranched alkanes of at least 4 members (excludes halogenated alkanes) is 1. The average Bonchev–Trinajstić information content (AvgIpc) is 2.74. The highest BCUT2D eigenvalue weighted by molar-refractivity contribution is 7.89. The maximum atomic E-state index is 13.4. The summed E-state index contributed by atoms with van der Waals surface area (Å²) < 4.78 is 85.7. The lowest BCUT2D eigenvalue weighted by Crippen LogP contribution is -2.42.